The van der Waals surface area contributed by atoms with E-state index in [2.05, 4.69) is 25.7 Å². The van der Waals surface area contributed by atoms with Crippen molar-refractivity contribution in [1.82, 2.24) is 9.80 Å². The number of halogens is 1. The minimum Gasteiger partial charge on any atom is -0.507 e. The van der Waals surface area contributed by atoms with E-state index in [1.165, 1.54) is 38.0 Å². The maximum Gasteiger partial charge on any atom is 0.129 e. The molecule has 0 saturated carbocycles. The fourth-order valence-electron chi connectivity index (χ4n) is 3.11. The molecule has 1 unspecified atom stereocenters. The highest BCUT2D eigenvalue weighted by Crippen LogP contribution is 2.26. The molecule has 4 heteroatoms. The van der Waals surface area contributed by atoms with Gasteiger partial charge in [-0.1, -0.05) is 6.07 Å². The minimum absolute atomic E-state index is 0.319. The Morgan fingerprint density at radius 2 is 2.17 bits per heavy atom. The van der Waals surface area contributed by atoms with Crippen LogP contribution in [0.15, 0.2) is 22.7 Å². The Kier molecular flexibility index (Phi) is 3.59. The van der Waals surface area contributed by atoms with Gasteiger partial charge in [0, 0.05) is 32.2 Å². The van der Waals surface area contributed by atoms with Gasteiger partial charge < -0.3 is 5.11 Å². The Morgan fingerprint density at radius 1 is 1.28 bits per heavy atom. The molecule has 0 aliphatic carbocycles. The van der Waals surface area contributed by atoms with Gasteiger partial charge in [-0.3, -0.25) is 9.80 Å². The molecule has 0 radical (unpaired) electrons. The van der Waals surface area contributed by atoms with Crippen molar-refractivity contribution in [2.24, 2.45) is 0 Å². The van der Waals surface area contributed by atoms with Gasteiger partial charge in [0.05, 0.1) is 4.47 Å². The number of rotatable bonds is 2. The van der Waals surface area contributed by atoms with E-state index >= 15 is 0 Å². The molecule has 2 aliphatic heterocycles. The highest BCUT2D eigenvalue weighted by molar-refractivity contribution is 9.10. The number of hydrogen-bond donors (Lipinski definition) is 1. The topological polar surface area (TPSA) is 26.7 Å². The van der Waals surface area contributed by atoms with Crippen LogP contribution >= 0.6 is 15.9 Å². The van der Waals surface area contributed by atoms with Gasteiger partial charge in [0.2, 0.25) is 0 Å². The molecule has 1 atom stereocenters. The van der Waals surface area contributed by atoms with Crippen molar-refractivity contribution in [2.75, 3.05) is 26.2 Å². The standard InChI is InChI=1S/C14H19BrN2O/c15-13-8-11(3-4-14(13)18)9-16-6-7-17-5-1-2-12(17)10-16/h3-4,8,12,18H,1-2,5-7,9-10H2. The molecule has 18 heavy (non-hydrogen) atoms. The number of nitrogens with zero attached hydrogens (tertiary/aromatic N) is 2. The molecule has 0 bridgehead atoms. The Labute approximate surface area is 117 Å². The van der Waals surface area contributed by atoms with E-state index in [9.17, 15) is 5.11 Å². The number of piperazine rings is 1. The van der Waals surface area contributed by atoms with E-state index in [0.29, 0.717) is 5.75 Å². The molecule has 2 aliphatic rings. The van der Waals surface area contributed by atoms with Crippen LogP contribution in [0.5, 0.6) is 5.75 Å². The van der Waals surface area contributed by atoms with Crippen LogP contribution in [0, 0.1) is 0 Å². The lowest BCUT2D eigenvalue weighted by Gasteiger charge is -2.37. The zero-order chi connectivity index (χ0) is 12.5. The second-order valence-electron chi connectivity index (χ2n) is 5.35. The van der Waals surface area contributed by atoms with Crippen LogP contribution in [-0.4, -0.2) is 47.1 Å². The fourth-order valence-corrected chi connectivity index (χ4v) is 3.53. The zero-order valence-corrected chi connectivity index (χ0v) is 12.1. The minimum atomic E-state index is 0.319. The summed E-state index contributed by atoms with van der Waals surface area (Å²) in [4.78, 5) is 5.16. The zero-order valence-electron chi connectivity index (χ0n) is 10.5. The summed E-state index contributed by atoms with van der Waals surface area (Å²) in [5.41, 5.74) is 1.27. The predicted octanol–water partition coefficient (Wildman–Crippen LogP) is 2.43. The van der Waals surface area contributed by atoms with Gasteiger partial charge in [-0.05, 0) is 53.0 Å². The van der Waals surface area contributed by atoms with E-state index in [0.717, 1.165) is 23.6 Å². The molecule has 0 spiro atoms. The highest BCUT2D eigenvalue weighted by atomic mass is 79.9. The lowest BCUT2D eigenvalue weighted by atomic mass is 10.1. The summed E-state index contributed by atoms with van der Waals surface area (Å²) < 4.78 is 0.791. The molecular weight excluding hydrogens is 292 g/mol. The summed E-state index contributed by atoms with van der Waals surface area (Å²) in [6, 6.07) is 6.59. The van der Waals surface area contributed by atoms with Crippen molar-refractivity contribution in [3.05, 3.63) is 28.2 Å². The number of fused-ring (bicyclic) bond motifs is 1. The van der Waals surface area contributed by atoms with Crippen LogP contribution in [-0.2, 0) is 6.54 Å². The van der Waals surface area contributed by atoms with Crippen LogP contribution in [0.1, 0.15) is 18.4 Å². The molecule has 2 heterocycles. The van der Waals surface area contributed by atoms with E-state index in [4.69, 9.17) is 0 Å². The first-order valence-corrected chi connectivity index (χ1v) is 7.45. The molecule has 3 nitrogen and oxygen atoms in total. The first-order valence-electron chi connectivity index (χ1n) is 6.66. The fraction of sp³-hybridized carbons (Fsp3) is 0.571. The van der Waals surface area contributed by atoms with Crippen LogP contribution < -0.4 is 0 Å². The average Bonchev–Trinajstić information content (AvgIpc) is 2.81. The monoisotopic (exact) mass is 310 g/mol. The number of phenols is 1. The molecule has 0 aromatic heterocycles. The largest absolute Gasteiger partial charge is 0.507 e. The number of benzene rings is 1. The maximum atomic E-state index is 9.51. The van der Waals surface area contributed by atoms with E-state index in [1.807, 2.05) is 12.1 Å². The van der Waals surface area contributed by atoms with Crippen LogP contribution in [0.2, 0.25) is 0 Å². The predicted molar refractivity (Wildman–Crippen MR) is 75.7 cm³/mol. The third kappa shape index (κ3) is 2.56. The molecule has 1 N–H and O–H groups in total. The molecular formula is C14H19BrN2O. The third-order valence-electron chi connectivity index (χ3n) is 4.09. The van der Waals surface area contributed by atoms with Crippen molar-refractivity contribution in [3.63, 3.8) is 0 Å². The lowest BCUT2D eigenvalue weighted by molar-refractivity contribution is 0.0993. The van der Waals surface area contributed by atoms with Gasteiger partial charge in [0.1, 0.15) is 5.75 Å². The molecule has 2 saturated heterocycles. The van der Waals surface area contributed by atoms with Crippen LogP contribution in [0.25, 0.3) is 0 Å². The average molecular weight is 311 g/mol. The molecule has 1 aromatic carbocycles. The number of phenolic OH excluding ortho intramolecular Hbond substituents is 1. The third-order valence-corrected chi connectivity index (χ3v) is 4.72. The highest BCUT2D eigenvalue weighted by Gasteiger charge is 2.30. The molecule has 1 aromatic rings. The molecule has 98 valence electrons. The van der Waals surface area contributed by atoms with Gasteiger partial charge in [-0.15, -0.1) is 0 Å². The van der Waals surface area contributed by atoms with Crippen molar-refractivity contribution >= 4 is 15.9 Å². The van der Waals surface area contributed by atoms with Crippen molar-refractivity contribution < 1.29 is 5.11 Å². The second-order valence-corrected chi connectivity index (χ2v) is 6.21. The lowest BCUT2D eigenvalue weighted by Crippen LogP contribution is -2.49. The SMILES string of the molecule is Oc1ccc(CN2CCN3CCCC3C2)cc1Br. The smallest absolute Gasteiger partial charge is 0.129 e. The Hall–Kier alpha value is -0.580. The summed E-state index contributed by atoms with van der Waals surface area (Å²) in [5, 5.41) is 9.51. The van der Waals surface area contributed by atoms with Gasteiger partial charge in [0.25, 0.3) is 0 Å². The summed E-state index contributed by atoms with van der Waals surface area (Å²) in [7, 11) is 0. The summed E-state index contributed by atoms with van der Waals surface area (Å²) in [6.45, 7) is 5.85. The van der Waals surface area contributed by atoms with Gasteiger partial charge >= 0.3 is 0 Å². The summed E-state index contributed by atoms with van der Waals surface area (Å²) in [6.07, 6.45) is 2.72. The molecule has 2 fully saturated rings. The van der Waals surface area contributed by atoms with E-state index in [-0.39, 0.29) is 0 Å². The number of hydrogen-bond acceptors (Lipinski definition) is 3. The Morgan fingerprint density at radius 3 is 3.00 bits per heavy atom. The van der Waals surface area contributed by atoms with Crippen molar-refractivity contribution in [2.45, 2.75) is 25.4 Å². The molecule has 3 rings (SSSR count). The van der Waals surface area contributed by atoms with Crippen molar-refractivity contribution in [1.29, 1.82) is 0 Å². The maximum absolute atomic E-state index is 9.51. The first-order chi connectivity index (χ1) is 8.72. The Bertz CT molecular complexity index is 438. The van der Waals surface area contributed by atoms with Crippen molar-refractivity contribution in [3.8, 4) is 5.75 Å². The molecule has 0 amide bonds. The van der Waals surface area contributed by atoms with Gasteiger partial charge in [-0.25, -0.2) is 0 Å². The van der Waals surface area contributed by atoms with Gasteiger partial charge in [-0.2, -0.15) is 0 Å². The summed E-state index contributed by atoms with van der Waals surface area (Å²) in [5.74, 6) is 0.319. The first kappa shape index (κ1) is 12.5. The number of aromatic hydroxyl groups is 1. The Balaban J connectivity index is 1.64. The second kappa shape index (κ2) is 5.19. The van der Waals surface area contributed by atoms with E-state index in [1.54, 1.807) is 6.07 Å². The summed E-state index contributed by atoms with van der Waals surface area (Å²) >= 11 is 3.38. The van der Waals surface area contributed by atoms with Crippen LogP contribution in [0.3, 0.4) is 0 Å². The van der Waals surface area contributed by atoms with E-state index < -0.39 is 0 Å². The van der Waals surface area contributed by atoms with Gasteiger partial charge in [0.15, 0.2) is 0 Å². The van der Waals surface area contributed by atoms with Crippen LogP contribution in [0.4, 0.5) is 0 Å². The quantitative estimate of drug-likeness (QED) is 0.909. The normalized spacial score (nSPS) is 25.3.